The van der Waals surface area contributed by atoms with Crippen molar-refractivity contribution in [3.8, 4) is 0 Å². The van der Waals surface area contributed by atoms with Gasteiger partial charge in [0.05, 0.1) is 11.5 Å². The summed E-state index contributed by atoms with van der Waals surface area (Å²) < 4.78 is 0. The van der Waals surface area contributed by atoms with Crippen LogP contribution in [0.25, 0.3) is 0 Å². The molecule has 4 rings (SSSR count). The molecule has 0 aromatic heterocycles. The van der Waals surface area contributed by atoms with Gasteiger partial charge in [-0.3, -0.25) is 4.79 Å². The monoisotopic (exact) mass is 384 g/mol. The number of nitrogens with one attached hydrogen (secondary N) is 1. The zero-order valence-corrected chi connectivity index (χ0v) is 16.8. The van der Waals surface area contributed by atoms with Crippen molar-refractivity contribution in [2.75, 3.05) is 18.5 Å². The number of halogens is 1. The van der Waals surface area contributed by atoms with Crippen LogP contribution in [0, 0.1) is 0 Å². The average Bonchev–Trinajstić information content (AvgIpc) is 2.93. The minimum Gasteiger partial charge on any atom is -0.320 e. The van der Waals surface area contributed by atoms with E-state index in [4.69, 9.17) is 0 Å². The lowest BCUT2D eigenvalue weighted by atomic mass is 9.70. The van der Waals surface area contributed by atoms with Gasteiger partial charge < -0.3 is 10.2 Å². The summed E-state index contributed by atoms with van der Waals surface area (Å²) >= 11 is 0. The standard InChI is InChI=1S/C23H28N2O.ClH/c1-24-17-14-20(18-10-4-2-5-11-18)25-21-13-7-6-12-19(21)23(22(25)26)15-8-3-9-16-23;/h2,4-7,10-13,20,24H,3,8-9,14-17H2,1H3;1H/t20-;/m0./s1. The first-order valence-corrected chi connectivity index (χ1v) is 9.91. The molecule has 1 saturated carbocycles. The van der Waals surface area contributed by atoms with Gasteiger partial charge in [-0.2, -0.15) is 0 Å². The molecule has 0 unspecified atom stereocenters. The Morgan fingerprint density at radius 3 is 2.37 bits per heavy atom. The van der Waals surface area contributed by atoms with Crippen LogP contribution in [0.5, 0.6) is 0 Å². The first kappa shape index (κ1) is 19.9. The molecule has 1 N–H and O–H groups in total. The molecule has 1 spiro atoms. The molecule has 4 heteroatoms. The number of rotatable bonds is 5. The molecule has 2 aliphatic rings. The van der Waals surface area contributed by atoms with Crippen LogP contribution in [0.15, 0.2) is 54.6 Å². The van der Waals surface area contributed by atoms with E-state index in [-0.39, 0.29) is 23.9 Å². The molecule has 2 aromatic rings. The Morgan fingerprint density at radius 1 is 1.00 bits per heavy atom. The second-order valence-corrected chi connectivity index (χ2v) is 7.65. The summed E-state index contributed by atoms with van der Waals surface area (Å²) in [5, 5.41) is 3.26. The maximum atomic E-state index is 13.8. The van der Waals surface area contributed by atoms with Gasteiger partial charge in [-0.1, -0.05) is 67.8 Å². The number of amides is 1. The largest absolute Gasteiger partial charge is 0.320 e. The number of hydrogen-bond acceptors (Lipinski definition) is 2. The third-order valence-corrected chi connectivity index (χ3v) is 6.18. The third kappa shape index (κ3) is 3.39. The van der Waals surface area contributed by atoms with Gasteiger partial charge in [0.25, 0.3) is 0 Å². The fourth-order valence-electron chi connectivity index (χ4n) is 4.89. The van der Waals surface area contributed by atoms with Crippen molar-refractivity contribution in [2.24, 2.45) is 0 Å². The fraction of sp³-hybridized carbons (Fsp3) is 0.435. The summed E-state index contributed by atoms with van der Waals surface area (Å²) in [7, 11) is 1.98. The summed E-state index contributed by atoms with van der Waals surface area (Å²) in [6.07, 6.45) is 6.45. The molecule has 1 heterocycles. The van der Waals surface area contributed by atoms with E-state index < -0.39 is 0 Å². The number of hydrogen-bond donors (Lipinski definition) is 1. The minimum absolute atomic E-state index is 0. The minimum atomic E-state index is -0.290. The number of benzene rings is 2. The highest BCUT2D eigenvalue weighted by Crippen LogP contribution is 2.52. The van der Waals surface area contributed by atoms with Crippen molar-refractivity contribution in [1.82, 2.24) is 5.32 Å². The molecule has 2 aromatic carbocycles. The number of para-hydroxylation sites is 1. The lowest BCUT2D eigenvalue weighted by Crippen LogP contribution is -2.43. The Morgan fingerprint density at radius 2 is 1.67 bits per heavy atom. The van der Waals surface area contributed by atoms with Crippen molar-refractivity contribution < 1.29 is 4.79 Å². The van der Waals surface area contributed by atoms with E-state index in [1.54, 1.807) is 0 Å². The Hall–Kier alpha value is -1.84. The van der Waals surface area contributed by atoms with Crippen molar-refractivity contribution in [3.63, 3.8) is 0 Å². The first-order chi connectivity index (χ1) is 12.8. The second kappa shape index (κ2) is 8.45. The van der Waals surface area contributed by atoms with Gasteiger partial charge in [-0.05, 0) is 50.0 Å². The third-order valence-electron chi connectivity index (χ3n) is 6.18. The zero-order valence-electron chi connectivity index (χ0n) is 16.0. The Kier molecular flexibility index (Phi) is 6.23. The maximum absolute atomic E-state index is 13.8. The first-order valence-electron chi connectivity index (χ1n) is 9.91. The van der Waals surface area contributed by atoms with Gasteiger partial charge in [-0.15, -0.1) is 12.4 Å². The molecule has 1 aliphatic carbocycles. The second-order valence-electron chi connectivity index (χ2n) is 7.65. The summed E-state index contributed by atoms with van der Waals surface area (Å²) in [6.45, 7) is 0.887. The van der Waals surface area contributed by atoms with Crippen LogP contribution in [0.4, 0.5) is 5.69 Å². The summed E-state index contributed by atoms with van der Waals surface area (Å²) in [6, 6.07) is 19.1. The predicted molar refractivity (Wildman–Crippen MR) is 114 cm³/mol. The summed E-state index contributed by atoms with van der Waals surface area (Å²) in [5.41, 5.74) is 3.32. The maximum Gasteiger partial charge on any atom is 0.238 e. The normalized spacial score (nSPS) is 18.9. The van der Waals surface area contributed by atoms with E-state index in [1.165, 1.54) is 17.5 Å². The molecule has 0 saturated heterocycles. The van der Waals surface area contributed by atoms with Crippen LogP contribution in [-0.2, 0) is 10.2 Å². The van der Waals surface area contributed by atoms with Gasteiger partial charge in [0.15, 0.2) is 0 Å². The molecule has 1 fully saturated rings. The van der Waals surface area contributed by atoms with Gasteiger partial charge in [0.1, 0.15) is 0 Å². The molecule has 1 atom stereocenters. The number of carbonyl (C=O) groups is 1. The topological polar surface area (TPSA) is 32.3 Å². The highest BCUT2D eigenvalue weighted by Gasteiger charge is 2.52. The molecule has 1 aliphatic heterocycles. The lowest BCUT2D eigenvalue weighted by molar-refractivity contribution is -0.124. The summed E-state index contributed by atoms with van der Waals surface area (Å²) in [5.74, 6) is 0.323. The van der Waals surface area contributed by atoms with Gasteiger partial charge in [0.2, 0.25) is 5.91 Å². The Labute approximate surface area is 168 Å². The molecule has 3 nitrogen and oxygen atoms in total. The van der Waals surface area contributed by atoms with Gasteiger partial charge >= 0.3 is 0 Å². The number of fused-ring (bicyclic) bond motifs is 2. The van der Waals surface area contributed by atoms with Crippen molar-refractivity contribution in [3.05, 3.63) is 65.7 Å². The van der Waals surface area contributed by atoms with E-state index in [0.717, 1.165) is 44.3 Å². The summed E-state index contributed by atoms with van der Waals surface area (Å²) in [4.78, 5) is 15.9. The van der Waals surface area contributed by atoms with Crippen LogP contribution >= 0.6 is 12.4 Å². The van der Waals surface area contributed by atoms with E-state index in [2.05, 4.69) is 58.7 Å². The fourth-order valence-corrected chi connectivity index (χ4v) is 4.89. The molecule has 0 radical (unpaired) electrons. The smallest absolute Gasteiger partial charge is 0.238 e. The van der Waals surface area contributed by atoms with Crippen LogP contribution in [0.2, 0.25) is 0 Å². The van der Waals surface area contributed by atoms with Crippen LogP contribution < -0.4 is 10.2 Å². The predicted octanol–water partition coefficient (Wildman–Crippen LogP) is 5.01. The Bertz CT molecular complexity index is 771. The van der Waals surface area contributed by atoms with Crippen LogP contribution in [0.3, 0.4) is 0 Å². The van der Waals surface area contributed by atoms with Crippen molar-refractivity contribution in [1.29, 1.82) is 0 Å². The van der Waals surface area contributed by atoms with Gasteiger partial charge in [0, 0.05) is 5.69 Å². The lowest BCUT2D eigenvalue weighted by Gasteiger charge is -2.35. The van der Waals surface area contributed by atoms with E-state index in [1.807, 2.05) is 13.1 Å². The zero-order chi connectivity index (χ0) is 18.0. The number of nitrogens with zero attached hydrogens (tertiary/aromatic N) is 1. The molecule has 27 heavy (non-hydrogen) atoms. The van der Waals surface area contributed by atoms with E-state index >= 15 is 0 Å². The average molecular weight is 385 g/mol. The molecular weight excluding hydrogens is 356 g/mol. The highest BCUT2D eigenvalue weighted by atomic mass is 35.5. The number of carbonyl (C=O) groups excluding carboxylic acids is 1. The molecular formula is C23H29ClN2O. The molecule has 144 valence electrons. The quantitative estimate of drug-likeness (QED) is 0.786. The van der Waals surface area contributed by atoms with Crippen LogP contribution in [0.1, 0.15) is 55.7 Å². The van der Waals surface area contributed by atoms with Crippen LogP contribution in [-0.4, -0.2) is 19.5 Å². The SMILES string of the molecule is CNCC[C@@H](c1ccccc1)N1C(=O)C2(CCCCC2)c2ccccc21.Cl. The van der Waals surface area contributed by atoms with Gasteiger partial charge in [-0.25, -0.2) is 0 Å². The van der Waals surface area contributed by atoms with E-state index in [9.17, 15) is 4.79 Å². The molecule has 1 amide bonds. The van der Waals surface area contributed by atoms with Crippen molar-refractivity contribution >= 4 is 24.0 Å². The van der Waals surface area contributed by atoms with Crippen molar-refractivity contribution in [2.45, 2.75) is 50.0 Å². The highest BCUT2D eigenvalue weighted by molar-refractivity contribution is 6.08. The van der Waals surface area contributed by atoms with E-state index in [0.29, 0.717) is 5.91 Å². The molecule has 0 bridgehead atoms. The Balaban J connectivity index is 0.00000210. The number of anilines is 1.